The summed E-state index contributed by atoms with van der Waals surface area (Å²) in [5.74, 6) is 0. The maximum Gasteiger partial charge on any atom is 0.252 e. The fourth-order valence-electron chi connectivity index (χ4n) is 2.33. The summed E-state index contributed by atoms with van der Waals surface area (Å²) in [5, 5.41) is 0.459. The minimum atomic E-state index is -3.38. The van der Waals surface area contributed by atoms with Crippen molar-refractivity contribution in [3.63, 3.8) is 0 Å². The Morgan fingerprint density at radius 1 is 1.26 bits per heavy atom. The van der Waals surface area contributed by atoms with E-state index in [2.05, 4.69) is 20.8 Å². The molecule has 2 heterocycles. The van der Waals surface area contributed by atoms with E-state index < -0.39 is 10.0 Å². The molecule has 0 atom stereocenters. The number of piperazine rings is 1. The summed E-state index contributed by atoms with van der Waals surface area (Å²) in [6.07, 6.45) is 2.53. The van der Waals surface area contributed by atoms with Crippen LogP contribution in [0.2, 0.25) is 5.02 Å². The lowest BCUT2D eigenvalue weighted by atomic mass is 10.3. The molecule has 106 valence electrons. The monoisotopic (exact) mass is 384 g/mol. The van der Waals surface area contributed by atoms with Crippen LogP contribution < -0.4 is 0 Å². The third kappa shape index (κ3) is 2.87. The lowest BCUT2D eigenvalue weighted by Gasteiger charge is -2.33. The first-order valence-electron chi connectivity index (χ1n) is 6.17. The Labute approximate surface area is 130 Å². The van der Waals surface area contributed by atoms with Crippen molar-refractivity contribution in [3.8, 4) is 0 Å². The van der Waals surface area contributed by atoms with Crippen molar-refractivity contribution in [1.82, 2.24) is 9.21 Å². The van der Waals surface area contributed by atoms with Crippen molar-refractivity contribution in [1.29, 1.82) is 0 Å². The maximum absolute atomic E-state index is 12.5. The molecular formula is C11H14BrClN2O2S2. The fourth-order valence-corrected chi connectivity index (χ4v) is 6.31. The predicted molar refractivity (Wildman–Crippen MR) is 80.4 cm³/mol. The maximum atomic E-state index is 12.5. The van der Waals surface area contributed by atoms with E-state index in [0.29, 0.717) is 32.1 Å². The highest BCUT2D eigenvalue weighted by atomic mass is 79.9. The molecule has 1 aromatic heterocycles. The summed E-state index contributed by atoms with van der Waals surface area (Å²) in [6.45, 7) is 2.83. The average molecular weight is 386 g/mol. The zero-order valence-electron chi connectivity index (χ0n) is 10.2. The first-order valence-corrected chi connectivity index (χ1v) is 9.60. The molecule has 8 heteroatoms. The average Bonchev–Trinajstić information content (AvgIpc) is 3.17. The quantitative estimate of drug-likeness (QED) is 0.803. The van der Waals surface area contributed by atoms with Crippen LogP contribution in [-0.4, -0.2) is 49.8 Å². The normalized spacial score (nSPS) is 22.8. The third-order valence-corrected chi connectivity index (χ3v) is 8.38. The highest BCUT2D eigenvalue weighted by Crippen LogP contribution is 2.36. The van der Waals surface area contributed by atoms with Crippen LogP contribution in [0, 0.1) is 0 Å². The number of rotatable bonds is 3. The number of hydrogen-bond donors (Lipinski definition) is 0. The molecule has 1 aliphatic carbocycles. The number of halogens is 2. The number of sulfonamides is 1. The van der Waals surface area contributed by atoms with Crippen LogP contribution >= 0.6 is 38.9 Å². The van der Waals surface area contributed by atoms with E-state index in [1.54, 1.807) is 4.31 Å². The molecule has 0 bridgehead atoms. The Morgan fingerprint density at radius 3 is 2.37 bits per heavy atom. The molecule has 0 spiro atoms. The van der Waals surface area contributed by atoms with Crippen LogP contribution in [0.1, 0.15) is 12.8 Å². The first kappa shape index (κ1) is 14.3. The van der Waals surface area contributed by atoms with Gasteiger partial charge in [-0.25, -0.2) is 8.42 Å². The fraction of sp³-hybridized carbons (Fsp3) is 0.636. The van der Waals surface area contributed by atoms with Gasteiger partial charge in [-0.15, -0.1) is 11.3 Å². The minimum absolute atomic E-state index is 0.323. The van der Waals surface area contributed by atoms with E-state index in [9.17, 15) is 8.42 Å². The van der Waals surface area contributed by atoms with Gasteiger partial charge in [0.25, 0.3) is 10.0 Å². The molecule has 1 saturated heterocycles. The van der Waals surface area contributed by atoms with E-state index >= 15 is 0 Å². The van der Waals surface area contributed by atoms with Crippen LogP contribution in [0.4, 0.5) is 0 Å². The highest BCUT2D eigenvalue weighted by Gasteiger charge is 2.35. The van der Waals surface area contributed by atoms with Crippen LogP contribution in [0.15, 0.2) is 14.1 Å². The number of nitrogens with zero attached hydrogens (tertiary/aromatic N) is 2. The summed E-state index contributed by atoms with van der Waals surface area (Å²) in [6, 6.07) is 2.23. The van der Waals surface area contributed by atoms with Crippen LogP contribution in [0.3, 0.4) is 0 Å². The lowest BCUT2D eigenvalue weighted by Crippen LogP contribution is -2.49. The number of thiophene rings is 1. The van der Waals surface area contributed by atoms with Gasteiger partial charge in [0.1, 0.15) is 4.21 Å². The van der Waals surface area contributed by atoms with E-state index in [0.717, 1.165) is 13.1 Å². The molecule has 1 saturated carbocycles. The van der Waals surface area contributed by atoms with Gasteiger partial charge in [0.2, 0.25) is 0 Å². The Kier molecular flexibility index (Phi) is 3.96. The van der Waals surface area contributed by atoms with Gasteiger partial charge in [-0.2, -0.15) is 4.31 Å². The Morgan fingerprint density at radius 2 is 1.89 bits per heavy atom. The van der Waals surface area contributed by atoms with Crippen molar-refractivity contribution < 1.29 is 8.42 Å². The summed E-state index contributed by atoms with van der Waals surface area (Å²) in [4.78, 5) is 2.39. The van der Waals surface area contributed by atoms with Crippen molar-refractivity contribution in [2.24, 2.45) is 0 Å². The second-order valence-corrected chi connectivity index (χ2v) is 9.80. The van der Waals surface area contributed by atoms with Gasteiger partial charge in [-0.1, -0.05) is 11.6 Å². The topological polar surface area (TPSA) is 40.6 Å². The van der Waals surface area contributed by atoms with Crippen molar-refractivity contribution in [2.75, 3.05) is 26.2 Å². The molecule has 2 fully saturated rings. The van der Waals surface area contributed by atoms with Gasteiger partial charge < -0.3 is 0 Å². The summed E-state index contributed by atoms with van der Waals surface area (Å²) < 4.78 is 27.5. The second kappa shape index (κ2) is 5.27. The molecule has 1 aliphatic heterocycles. The van der Waals surface area contributed by atoms with E-state index in [1.165, 1.54) is 30.2 Å². The van der Waals surface area contributed by atoms with Crippen LogP contribution in [-0.2, 0) is 10.0 Å². The molecule has 0 N–H and O–H groups in total. The smallest absolute Gasteiger partial charge is 0.252 e. The van der Waals surface area contributed by atoms with Gasteiger partial charge in [-0.3, -0.25) is 4.90 Å². The van der Waals surface area contributed by atoms with E-state index in [-0.39, 0.29) is 0 Å². The number of hydrogen-bond acceptors (Lipinski definition) is 4. The van der Waals surface area contributed by atoms with Crippen LogP contribution in [0.25, 0.3) is 0 Å². The molecule has 0 amide bonds. The van der Waals surface area contributed by atoms with Gasteiger partial charge in [0.15, 0.2) is 0 Å². The Bertz CT molecular complexity index is 558. The highest BCUT2D eigenvalue weighted by molar-refractivity contribution is 9.11. The van der Waals surface area contributed by atoms with Crippen molar-refractivity contribution in [2.45, 2.75) is 23.1 Å². The predicted octanol–water partition coefficient (Wildman–Crippen LogP) is 2.63. The zero-order chi connectivity index (χ0) is 13.6. The molecule has 2 aliphatic rings. The molecule has 19 heavy (non-hydrogen) atoms. The Hall–Kier alpha value is 0.340. The summed E-state index contributed by atoms with van der Waals surface area (Å²) in [7, 11) is -3.38. The van der Waals surface area contributed by atoms with E-state index in [4.69, 9.17) is 11.6 Å². The molecule has 0 unspecified atom stereocenters. The van der Waals surface area contributed by atoms with E-state index in [1.807, 2.05) is 0 Å². The summed E-state index contributed by atoms with van der Waals surface area (Å²) >= 11 is 10.4. The van der Waals surface area contributed by atoms with Gasteiger partial charge in [0, 0.05) is 32.2 Å². The zero-order valence-corrected chi connectivity index (χ0v) is 14.2. The largest absolute Gasteiger partial charge is 0.298 e. The lowest BCUT2D eigenvalue weighted by molar-refractivity contribution is 0.181. The van der Waals surface area contributed by atoms with Gasteiger partial charge in [-0.05, 0) is 34.8 Å². The second-order valence-electron chi connectivity index (χ2n) is 4.86. The summed E-state index contributed by atoms with van der Waals surface area (Å²) in [5.41, 5.74) is 0. The molecule has 0 radical (unpaired) electrons. The Balaban J connectivity index is 1.74. The van der Waals surface area contributed by atoms with Crippen molar-refractivity contribution in [3.05, 3.63) is 14.9 Å². The molecule has 4 nitrogen and oxygen atoms in total. The molecule has 3 rings (SSSR count). The van der Waals surface area contributed by atoms with Crippen LogP contribution in [0.5, 0.6) is 0 Å². The standard InChI is InChI=1S/C11H14BrClN2O2S2/c12-11-9(13)7-10(18-11)19(16,17)15-5-3-14(4-6-15)8-1-2-8/h7-8H,1-6H2. The van der Waals surface area contributed by atoms with Gasteiger partial charge in [0.05, 0.1) is 8.81 Å². The SMILES string of the molecule is O=S(=O)(c1cc(Cl)c(Br)s1)N1CCN(C2CC2)CC1. The third-order valence-electron chi connectivity index (χ3n) is 3.55. The van der Waals surface area contributed by atoms with Gasteiger partial charge >= 0.3 is 0 Å². The first-order chi connectivity index (χ1) is 8.98. The molecule has 1 aromatic rings. The van der Waals surface area contributed by atoms with Crippen molar-refractivity contribution >= 4 is 48.9 Å². The molecule has 0 aromatic carbocycles. The minimum Gasteiger partial charge on any atom is -0.298 e. The molecular weight excluding hydrogens is 372 g/mol.